The van der Waals surface area contributed by atoms with Gasteiger partial charge in [-0.05, 0) is 64.5 Å². The summed E-state index contributed by atoms with van der Waals surface area (Å²) in [5.41, 5.74) is 0.653. The highest BCUT2D eigenvalue weighted by atomic mass is 28.5. The van der Waals surface area contributed by atoms with Gasteiger partial charge in [0.2, 0.25) is 0 Å². The summed E-state index contributed by atoms with van der Waals surface area (Å²) in [7, 11) is -7.48. The number of hydrogen-bond acceptors (Lipinski definition) is 3. The molecule has 0 saturated heterocycles. The van der Waals surface area contributed by atoms with E-state index in [0.717, 1.165) is 0 Å². The molecule has 122 valence electrons. The van der Waals surface area contributed by atoms with Gasteiger partial charge in [0, 0.05) is 0 Å². The van der Waals surface area contributed by atoms with E-state index in [-0.39, 0.29) is 0 Å². The SMILES string of the molecule is CCC(C)[Si](C)(C)O[Si](C)(C)O[Si](C)(C)O[Si](C)(C)C. The van der Waals surface area contributed by atoms with Crippen LogP contribution in [0.25, 0.3) is 0 Å². The van der Waals surface area contributed by atoms with Crippen LogP contribution in [-0.2, 0) is 12.3 Å². The van der Waals surface area contributed by atoms with Gasteiger partial charge in [0.05, 0.1) is 0 Å². The maximum atomic E-state index is 6.55. The van der Waals surface area contributed by atoms with Crippen LogP contribution in [-0.4, -0.2) is 33.8 Å². The standard InChI is InChI=1S/C13H36O3Si4/c1-12-13(2)18(6,7)15-20(10,11)16-19(8,9)14-17(3,4)5/h13H,12H2,1-11H3. The Kier molecular flexibility index (Phi) is 7.14. The Morgan fingerprint density at radius 1 is 0.700 bits per heavy atom. The topological polar surface area (TPSA) is 27.7 Å². The molecule has 0 aliphatic carbocycles. The van der Waals surface area contributed by atoms with Gasteiger partial charge in [-0.2, -0.15) is 0 Å². The Bertz CT molecular complexity index is 311. The summed E-state index contributed by atoms with van der Waals surface area (Å²) < 4.78 is 19.3. The third kappa shape index (κ3) is 8.25. The Morgan fingerprint density at radius 2 is 1.10 bits per heavy atom. The van der Waals surface area contributed by atoms with Crippen LogP contribution in [0.5, 0.6) is 0 Å². The normalized spacial score (nSPS) is 16.4. The van der Waals surface area contributed by atoms with E-state index in [1.54, 1.807) is 0 Å². The molecular weight excluding hydrogens is 316 g/mol. The fourth-order valence-electron chi connectivity index (χ4n) is 2.60. The molecule has 0 aromatic rings. The van der Waals surface area contributed by atoms with Gasteiger partial charge >= 0.3 is 17.1 Å². The summed E-state index contributed by atoms with van der Waals surface area (Å²) in [6, 6.07) is 0. The van der Waals surface area contributed by atoms with Crippen LogP contribution in [0, 0.1) is 0 Å². The summed E-state index contributed by atoms with van der Waals surface area (Å²) in [6.45, 7) is 24.5. The Hall–Kier alpha value is 0.748. The molecule has 0 rings (SSSR count). The summed E-state index contributed by atoms with van der Waals surface area (Å²) >= 11 is 0. The highest BCUT2D eigenvalue weighted by Crippen LogP contribution is 2.30. The van der Waals surface area contributed by atoms with Gasteiger partial charge < -0.3 is 12.3 Å². The lowest BCUT2D eigenvalue weighted by Gasteiger charge is -2.41. The van der Waals surface area contributed by atoms with Crippen molar-refractivity contribution in [2.24, 2.45) is 0 Å². The van der Waals surface area contributed by atoms with Crippen molar-refractivity contribution < 1.29 is 12.3 Å². The van der Waals surface area contributed by atoms with Gasteiger partial charge in [-0.3, -0.25) is 0 Å². The van der Waals surface area contributed by atoms with E-state index in [9.17, 15) is 0 Å². The average molecular weight is 353 g/mol. The molecular formula is C13H36O3Si4. The lowest BCUT2D eigenvalue weighted by atomic mass is 10.4. The van der Waals surface area contributed by atoms with Crippen LogP contribution in [0.15, 0.2) is 0 Å². The maximum Gasteiger partial charge on any atom is 0.312 e. The molecule has 0 amide bonds. The molecule has 20 heavy (non-hydrogen) atoms. The molecule has 0 N–H and O–H groups in total. The predicted octanol–water partition coefficient (Wildman–Crippen LogP) is 5.28. The van der Waals surface area contributed by atoms with E-state index < -0.39 is 33.8 Å². The highest BCUT2D eigenvalue weighted by molar-refractivity contribution is 6.89. The molecule has 0 bridgehead atoms. The van der Waals surface area contributed by atoms with Crippen LogP contribution in [0.4, 0.5) is 0 Å². The average Bonchev–Trinajstić information content (AvgIpc) is 2.07. The van der Waals surface area contributed by atoms with E-state index >= 15 is 0 Å². The quantitative estimate of drug-likeness (QED) is 0.556. The van der Waals surface area contributed by atoms with Gasteiger partial charge in [0.1, 0.15) is 0 Å². The van der Waals surface area contributed by atoms with Crippen molar-refractivity contribution in [3.05, 3.63) is 0 Å². The van der Waals surface area contributed by atoms with Crippen LogP contribution in [0.3, 0.4) is 0 Å². The second-order valence-electron chi connectivity index (χ2n) is 8.13. The Balaban J connectivity index is 4.82. The smallest absolute Gasteiger partial charge is 0.312 e. The third-order valence-electron chi connectivity index (χ3n) is 3.35. The zero-order chi connectivity index (χ0) is 16.4. The lowest BCUT2D eigenvalue weighted by Crippen LogP contribution is -2.56. The van der Waals surface area contributed by atoms with E-state index in [1.807, 2.05) is 0 Å². The van der Waals surface area contributed by atoms with Crippen molar-refractivity contribution >= 4 is 33.8 Å². The minimum absolute atomic E-state index is 0.653. The molecule has 0 aromatic heterocycles. The van der Waals surface area contributed by atoms with Crippen molar-refractivity contribution in [3.63, 3.8) is 0 Å². The van der Waals surface area contributed by atoms with Crippen molar-refractivity contribution in [2.75, 3.05) is 0 Å². The summed E-state index contributed by atoms with van der Waals surface area (Å²) in [5.74, 6) is 0. The molecule has 7 heteroatoms. The molecule has 0 aliphatic heterocycles. The van der Waals surface area contributed by atoms with Gasteiger partial charge in [0.25, 0.3) is 0 Å². The zero-order valence-corrected chi connectivity index (χ0v) is 19.5. The van der Waals surface area contributed by atoms with E-state index in [0.29, 0.717) is 5.54 Å². The molecule has 0 radical (unpaired) electrons. The Morgan fingerprint density at radius 3 is 1.45 bits per heavy atom. The van der Waals surface area contributed by atoms with E-state index in [1.165, 1.54) is 6.42 Å². The summed E-state index contributed by atoms with van der Waals surface area (Å²) in [6.07, 6.45) is 1.18. The first-order valence-electron chi connectivity index (χ1n) is 7.71. The fraction of sp³-hybridized carbons (Fsp3) is 1.00. The van der Waals surface area contributed by atoms with Crippen LogP contribution in [0.1, 0.15) is 20.3 Å². The second-order valence-corrected chi connectivity index (χ2v) is 24.6. The molecule has 0 heterocycles. The molecule has 1 unspecified atom stereocenters. The fourth-order valence-corrected chi connectivity index (χ4v) is 21.2. The van der Waals surface area contributed by atoms with Gasteiger partial charge in [-0.25, -0.2) is 0 Å². The van der Waals surface area contributed by atoms with E-state index in [4.69, 9.17) is 12.3 Å². The summed E-state index contributed by atoms with van der Waals surface area (Å²) in [4.78, 5) is 0. The Labute approximate surface area is 131 Å². The van der Waals surface area contributed by atoms with Gasteiger partial charge in [0.15, 0.2) is 16.6 Å². The first kappa shape index (κ1) is 20.7. The molecule has 0 aromatic carbocycles. The second kappa shape index (κ2) is 6.89. The summed E-state index contributed by atoms with van der Waals surface area (Å²) in [5, 5.41) is 0. The van der Waals surface area contributed by atoms with Crippen LogP contribution < -0.4 is 0 Å². The largest absolute Gasteiger partial charge is 0.437 e. The number of rotatable bonds is 8. The molecule has 1 atom stereocenters. The molecule has 0 spiro atoms. The highest BCUT2D eigenvalue weighted by Gasteiger charge is 2.43. The molecule has 0 saturated carbocycles. The first-order valence-corrected chi connectivity index (χ1v) is 19.7. The molecule has 0 fully saturated rings. The molecule has 3 nitrogen and oxygen atoms in total. The van der Waals surface area contributed by atoms with Crippen molar-refractivity contribution in [1.82, 2.24) is 0 Å². The van der Waals surface area contributed by atoms with Gasteiger partial charge in [-0.1, -0.05) is 20.3 Å². The maximum absolute atomic E-state index is 6.55. The van der Waals surface area contributed by atoms with Gasteiger partial charge in [-0.15, -0.1) is 0 Å². The number of hydrogen-bond donors (Lipinski definition) is 0. The van der Waals surface area contributed by atoms with Crippen LogP contribution in [0.2, 0.25) is 64.5 Å². The minimum atomic E-state index is -2.13. The van der Waals surface area contributed by atoms with E-state index in [2.05, 4.69) is 72.8 Å². The molecule has 0 aliphatic rings. The lowest BCUT2D eigenvalue weighted by molar-refractivity contribution is 0.326. The third-order valence-corrected chi connectivity index (χ3v) is 18.6. The first-order chi connectivity index (χ1) is 8.60. The monoisotopic (exact) mass is 352 g/mol. The van der Waals surface area contributed by atoms with Crippen molar-refractivity contribution in [2.45, 2.75) is 84.7 Å². The minimum Gasteiger partial charge on any atom is -0.437 e. The van der Waals surface area contributed by atoms with Crippen molar-refractivity contribution in [1.29, 1.82) is 0 Å². The zero-order valence-electron chi connectivity index (χ0n) is 15.5. The predicted molar refractivity (Wildman–Crippen MR) is 98.8 cm³/mol. The van der Waals surface area contributed by atoms with Crippen LogP contribution >= 0.6 is 0 Å². The van der Waals surface area contributed by atoms with Crippen molar-refractivity contribution in [3.8, 4) is 0 Å².